The van der Waals surface area contributed by atoms with Crippen molar-refractivity contribution in [2.45, 2.75) is 108 Å². The van der Waals surface area contributed by atoms with E-state index in [1.807, 2.05) is 42.5 Å². The van der Waals surface area contributed by atoms with Crippen molar-refractivity contribution in [2.24, 2.45) is 0 Å². The molecule has 2 aromatic carbocycles. The summed E-state index contributed by atoms with van der Waals surface area (Å²) in [4.78, 5) is 0. The Balaban J connectivity index is 2.52. The number of hydrogen-bond acceptors (Lipinski definition) is 6. The Labute approximate surface area is 216 Å². The summed E-state index contributed by atoms with van der Waals surface area (Å²) in [5.41, 5.74) is -0.968. The van der Waals surface area contributed by atoms with E-state index in [1.54, 1.807) is 13.0 Å². The normalized spacial score (nSPS) is 18.7. The molecule has 0 heterocycles. The van der Waals surface area contributed by atoms with Crippen LogP contribution in [0.15, 0.2) is 48.5 Å². The van der Waals surface area contributed by atoms with Gasteiger partial charge in [-0.25, -0.2) is 0 Å². The van der Waals surface area contributed by atoms with E-state index in [0.717, 1.165) is 16.7 Å². The van der Waals surface area contributed by atoms with Crippen molar-refractivity contribution in [3.05, 3.63) is 70.8 Å². The molecule has 2 aromatic rings. The summed E-state index contributed by atoms with van der Waals surface area (Å²) in [6.45, 7) is 13.3. The summed E-state index contributed by atoms with van der Waals surface area (Å²) in [6, 6.07) is 15.2. The molecule has 202 valence electrons. The van der Waals surface area contributed by atoms with Crippen LogP contribution in [0.2, 0.25) is 0 Å². The zero-order chi connectivity index (χ0) is 27.5. The Hall–Kier alpha value is -1.80. The molecule has 0 aliphatic carbocycles. The van der Waals surface area contributed by atoms with Gasteiger partial charge < -0.3 is 30.6 Å². The average Bonchev–Trinajstić information content (AvgIpc) is 2.81. The van der Waals surface area contributed by atoms with Gasteiger partial charge in [0.25, 0.3) is 0 Å². The standard InChI is InChI=1S/C30H46O6/c1-8-29(35,17-20-11-9-13-22(15-20)27(2,3)4)26(34)30(36,25(33)24(32)19-31)18-21-12-10-14-23(16-21)28(5,6)7/h9-16,24-26,31-36H,8,17-19H2,1-7H3/t24-,25+,26+,29?,30+/m0/s1. The first-order chi connectivity index (χ1) is 16.5. The Kier molecular flexibility index (Phi) is 9.55. The minimum Gasteiger partial charge on any atom is -0.394 e. The third-order valence-electron chi connectivity index (χ3n) is 7.24. The van der Waals surface area contributed by atoms with Crippen molar-refractivity contribution >= 4 is 0 Å². The maximum absolute atomic E-state index is 11.8. The zero-order valence-corrected chi connectivity index (χ0v) is 22.9. The highest BCUT2D eigenvalue weighted by molar-refractivity contribution is 5.32. The van der Waals surface area contributed by atoms with E-state index in [0.29, 0.717) is 5.56 Å². The maximum atomic E-state index is 11.8. The van der Waals surface area contributed by atoms with Crippen LogP contribution >= 0.6 is 0 Å². The van der Waals surface area contributed by atoms with E-state index >= 15 is 0 Å². The van der Waals surface area contributed by atoms with Gasteiger partial charge in [0.05, 0.1) is 12.2 Å². The second kappa shape index (κ2) is 11.3. The average molecular weight is 503 g/mol. The summed E-state index contributed by atoms with van der Waals surface area (Å²) < 4.78 is 0. The van der Waals surface area contributed by atoms with E-state index in [9.17, 15) is 30.6 Å². The molecule has 1 unspecified atom stereocenters. The van der Waals surface area contributed by atoms with Crippen molar-refractivity contribution < 1.29 is 30.6 Å². The van der Waals surface area contributed by atoms with Gasteiger partial charge in [-0.3, -0.25) is 0 Å². The lowest BCUT2D eigenvalue weighted by atomic mass is 9.71. The van der Waals surface area contributed by atoms with Crippen molar-refractivity contribution in [3.8, 4) is 0 Å². The van der Waals surface area contributed by atoms with Crippen LogP contribution in [0.4, 0.5) is 0 Å². The van der Waals surface area contributed by atoms with Crippen molar-refractivity contribution in [2.75, 3.05) is 6.61 Å². The highest BCUT2D eigenvalue weighted by Crippen LogP contribution is 2.35. The molecule has 0 saturated heterocycles. The lowest BCUT2D eigenvalue weighted by molar-refractivity contribution is -0.229. The molecule has 0 radical (unpaired) electrons. The first-order valence-corrected chi connectivity index (χ1v) is 12.8. The molecule has 0 amide bonds. The minimum atomic E-state index is -2.34. The Bertz CT molecular complexity index is 991. The van der Waals surface area contributed by atoms with Crippen LogP contribution in [0.25, 0.3) is 0 Å². The highest BCUT2D eigenvalue weighted by Gasteiger charge is 2.53. The SMILES string of the molecule is CCC(O)(Cc1cccc(C(C)(C)C)c1)[C@@H](O)[C@@](O)(Cc1cccc(C(C)(C)C)c1)[C@H](O)[C@@H](O)CO. The molecule has 6 N–H and O–H groups in total. The minimum absolute atomic E-state index is 0.0286. The molecule has 0 bridgehead atoms. The number of aliphatic hydroxyl groups is 6. The van der Waals surface area contributed by atoms with Crippen molar-refractivity contribution in [3.63, 3.8) is 0 Å². The molecule has 5 atom stereocenters. The fourth-order valence-electron chi connectivity index (χ4n) is 4.65. The molecular formula is C30H46O6. The number of aliphatic hydroxyl groups excluding tert-OH is 4. The van der Waals surface area contributed by atoms with Gasteiger partial charge >= 0.3 is 0 Å². The lowest BCUT2D eigenvalue weighted by Gasteiger charge is -2.46. The quantitative estimate of drug-likeness (QED) is 0.297. The van der Waals surface area contributed by atoms with Gasteiger partial charge in [-0.2, -0.15) is 0 Å². The van der Waals surface area contributed by atoms with Gasteiger partial charge in [-0.1, -0.05) is 97.0 Å². The Morgan fingerprint density at radius 3 is 1.56 bits per heavy atom. The number of benzene rings is 2. The number of hydrogen-bond donors (Lipinski definition) is 6. The summed E-state index contributed by atoms with van der Waals surface area (Å²) >= 11 is 0. The molecule has 0 saturated carbocycles. The second-order valence-electron chi connectivity index (χ2n) is 12.3. The molecule has 0 fully saturated rings. The van der Waals surface area contributed by atoms with E-state index in [2.05, 4.69) is 41.5 Å². The van der Waals surface area contributed by atoms with Crippen LogP contribution < -0.4 is 0 Å². The molecule has 0 aromatic heterocycles. The molecular weight excluding hydrogens is 456 g/mol. The number of rotatable bonds is 10. The monoisotopic (exact) mass is 502 g/mol. The summed E-state index contributed by atoms with van der Waals surface area (Å²) in [6.07, 6.45) is -5.57. The van der Waals surface area contributed by atoms with Crippen LogP contribution in [-0.4, -0.2) is 66.8 Å². The summed E-state index contributed by atoms with van der Waals surface area (Å²) in [5.74, 6) is 0. The van der Waals surface area contributed by atoms with Crippen molar-refractivity contribution in [1.29, 1.82) is 0 Å². The zero-order valence-electron chi connectivity index (χ0n) is 22.9. The fourth-order valence-corrected chi connectivity index (χ4v) is 4.65. The third-order valence-corrected chi connectivity index (χ3v) is 7.24. The van der Waals surface area contributed by atoms with Gasteiger partial charge in [-0.05, 0) is 39.5 Å². The Morgan fingerprint density at radius 1 is 0.722 bits per heavy atom. The predicted molar refractivity (Wildman–Crippen MR) is 143 cm³/mol. The van der Waals surface area contributed by atoms with Crippen LogP contribution in [0.1, 0.15) is 77.1 Å². The van der Waals surface area contributed by atoms with Gasteiger partial charge in [0.1, 0.15) is 23.9 Å². The molecule has 6 nitrogen and oxygen atoms in total. The maximum Gasteiger partial charge on any atom is 0.126 e. The van der Waals surface area contributed by atoms with Gasteiger partial charge in [-0.15, -0.1) is 0 Å². The molecule has 6 heteroatoms. The fraction of sp³-hybridized carbons (Fsp3) is 0.600. The Morgan fingerprint density at radius 2 is 1.17 bits per heavy atom. The predicted octanol–water partition coefficient (Wildman–Crippen LogP) is 3.01. The van der Waals surface area contributed by atoms with Gasteiger partial charge in [0.15, 0.2) is 0 Å². The smallest absolute Gasteiger partial charge is 0.126 e. The molecule has 0 spiro atoms. The first kappa shape index (κ1) is 30.4. The van der Waals surface area contributed by atoms with Crippen LogP contribution in [0.5, 0.6) is 0 Å². The molecule has 0 aliphatic rings. The molecule has 0 aliphatic heterocycles. The molecule has 36 heavy (non-hydrogen) atoms. The second-order valence-corrected chi connectivity index (χ2v) is 12.3. The largest absolute Gasteiger partial charge is 0.394 e. The van der Waals surface area contributed by atoms with Crippen LogP contribution in [-0.2, 0) is 23.7 Å². The topological polar surface area (TPSA) is 121 Å². The summed E-state index contributed by atoms with van der Waals surface area (Å²) in [5, 5.41) is 65.7. The summed E-state index contributed by atoms with van der Waals surface area (Å²) in [7, 11) is 0. The van der Waals surface area contributed by atoms with Gasteiger partial charge in [0.2, 0.25) is 0 Å². The lowest BCUT2D eigenvalue weighted by Crippen LogP contribution is -2.66. The van der Waals surface area contributed by atoms with E-state index in [1.165, 1.54) is 0 Å². The third kappa shape index (κ3) is 6.94. The van der Waals surface area contributed by atoms with Gasteiger partial charge in [0, 0.05) is 12.8 Å². The molecule has 2 rings (SSSR count). The van der Waals surface area contributed by atoms with E-state index < -0.39 is 36.1 Å². The van der Waals surface area contributed by atoms with Crippen LogP contribution in [0.3, 0.4) is 0 Å². The highest BCUT2D eigenvalue weighted by atomic mass is 16.4. The van der Waals surface area contributed by atoms with E-state index in [4.69, 9.17) is 0 Å². The van der Waals surface area contributed by atoms with E-state index in [-0.39, 0.29) is 30.1 Å². The van der Waals surface area contributed by atoms with Crippen LogP contribution in [0, 0.1) is 0 Å². The first-order valence-electron chi connectivity index (χ1n) is 12.8. The van der Waals surface area contributed by atoms with Crippen molar-refractivity contribution in [1.82, 2.24) is 0 Å².